The van der Waals surface area contributed by atoms with Crippen LogP contribution in [0.2, 0.25) is 0 Å². The average molecular weight is 326 g/mol. The molecule has 23 heavy (non-hydrogen) atoms. The minimum Gasteiger partial charge on any atom is -0.394 e. The van der Waals surface area contributed by atoms with Crippen molar-refractivity contribution in [2.75, 3.05) is 13.2 Å². The van der Waals surface area contributed by atoms with E-state index in [0.29, 0.717) is 0 Å². The molecule has 1 fully saturated rings. The lowest BCUT2D eigenvalue weighted by atomic mass is 10.1. The molecular formula is C16H20F2N2O3. The molecule has 1 aliphatic heterocycles. The standard InChI is InChI=1S/C16H20F2N2O3/c17-16(18)7-11(8-21)20(9-16)15(23)12-6-10-4-2-1-3-5-13(10)19-14(12)22/h6,11,21H,1-5,7-9H2,(H,19,22). The number of aromatic amines is 1. The molecule has 1 aromatic heterocycles. The largest absolute Gasteiger partial charge is 0.394 e. The molecule has 2 N–H and O–H groups in total. The summed E-state index contributed by atoms with van der Waals surface area (Å²) in [6, 6.07) is 0.600. The summed E-state index contributed by atoms with van der Waals surface area (Å²) in [5.74, 6) is -3.75. The number of nitrogens with one attached hydrogen (secondary N) is 1. The first kappa shape index (κ1) is 16.1. The highest BCUT2D eigenvalue weighted by Gasteiger charge is 2.47. The van der Waals surface area contributed by atoms with Gasteiger partial charge < -0.3 is 15.0 Å². The summed E-state index contributed by atoms with van der Waals surface area (Å²) in [5, 5.41) is 9.25. The first-order valence-corrected chi connectivity index (χ1v) is 7.96. The van der Waals surface area contributed by atoms with Crippen LogP contribution < -0.4 is 5.56 Å². The van der Waals surface area contributed by atoms with E-state index < -0.39 is 43.0 Å². The second-order valence-electron chi connectivity index (χ2n) is 6.41. The molecule has 3 rings (SSSR count). The predicted molar refractivity (Wildman–Crippen MR) is 79.8 cm³/mol. The van der Waals surface area contributed by atoms with Gasteiger partial charge in [-0.1, -0.05) is 6.42 Å². The van der Waals surface area contributed by atoms with Gasteiger partial charge in [0.1, 0.15) is 5.56 Å². The average Bonchev–Trinajstić information content (AvgIpc) is 2.67. The van der Waals surface area contributed by atoms with Crippen LogP contribution in [0.25, 0.3) is 0 Å². The maximum absolute atomic E-state index is 13.5. The number of fused-ring (bicyclic) bond motifs is 1. The fraction of sp³-hybridized carbons (Fsp3) is 0.625. The second kappa shape index (κ2) is 6.03. The maximum Gasteiger partial charge on any atom is 0.267 e. The van der Waals surface area contributed by atoms with Crippen molar-refractivity contribution in [2.45, 2.75) is 50.5 Å². The molecule has 5 nitrogen and oxygen atoms in total. The zero-order chi connectivity index (χ0) is 16.6. The van der Waals surface area contributed by atoms with Gasteiger partial charge in [0.15, 0.2) is 0 Å². The van der Waals surface area contributed by atoms with E-state index in [0.717, 1.165) is 48.3 Å². The number of hydrogen-bond acceptors (Lipinski definition) is 3. The Hall–Kier alpha value is -1.76. The van der Waals surface area contributed by atoms with Crippen molar-refractivity contribution in [3.8, 4) is 0 Å². The molecule has 0 spiro atoms. The summed E-state index contributed by atoms with van der Waals surface area (Å²) in [6.07, 6.45) is 3.99. The molecule has 0 bridgehead atoms. The zero-order valence-electron chi connectivity index (χ0n) is 12.8. The molecule has 1 aromatic rings. The van der Waals surface area contributed by atoms with Crippen LogP contribution in [0.15, 0.2) is 10.9 Å². The number of pyridine rings is 1. The fourth-order valence-electron chi connectivity index (χ4n) is 3.46. The molecule has 1 aliphatic carbocycles. The van der Waals surface area contributed by atoms with Gasteiger partial charge in [-0.2, -0.15) is 0 Å². The number of aliphatic hydroxyl groups excluding tert-OH is 1. The van der Waals surface area contributed by atoms with Gasteiger partial charge in [-0.05, 0) is 37.3 Å². The number of halogens is 2. The number of aliphatic hydroxyl groups is 1. The molecule has 1 amide bonds. The molecule has 126 valence electrons. The lowest BCUT2D eigenvalue weighted by Gasteiger charge is -2.22. The summed E-state index contributed by atoms with van der Waals surface area (Å²) in [4.78, 5) is 28.4. The van der Waals surface area contributed by atoms with E-state index in [1.807, 2.05) is 0 Å². The van der Waals surface area contributed by atoms with E-state index in [9.17, 15) is 23.5 Å². The van der Waals surface area contributed by atoms with Crippen molar-refractivity contribution in [2.24, 2.45) is 0 Å². The summed E-state index contributed by atoms with van der Waals surface area (Å²) in [7, 11) is 0. The third kappa shape index (κ3) is 3.15. The van der Waals surface area contributed by atoms with Crippen LogP contribution >= 0.6 is 0 Å². The highest BCUT2D eigenvalue weighted by atomic mass is 19.3. The topological polar surface area (TPSA) is 73.4 Å². The van der Waals surface area contributed by atoms with Crippen LogP contribution in [0.1, 0.15) is 47.3 Å². The van der Waals surface area contributed by atoms with Crippen molar-refractivity contribution in [1.29, 1.82) is 0 Å². The van der Waals surface area contributed by atoms with Gasteiger partial charge in [-0.3, -0.25) is 9.59 Å². The van der Waals surface area contributed by atoms with E-state index in [1.165, 1.54) is 0 Å². The summed E-state index contributed by atoms with van der Waals surface area (Å²) in [6.45, 7) is -1.29. The SMILES string of the molecule is O=C(c1cc2c([nH]c1=O)CCCCC2)N1CC(F)(F)CC1CO. The van der Waals surface area contributed by atoms with Crippen molar-refractivity contribution in [3.63, 3.8) is 0 Å². The van der Waals surface area contributed by atoms with Crippen LogP contribution in [0.4, 0.5) is 8.78 Å². The van der Waals surface area contributed by atoms with Gasteiger partial charge in [0.2, 0.25) is 0 Å². The number of amides is 1. The van der Waals surface area contributed by atoms with Crippen molar-refractivity contribution < 1.29 is 18.7 Å². The molecule has 2 heterocycles. The lowest BCUT2D eigenvalue weighted by Crippen LogP contribution is -2.41. The fourth-order valence-corrected chi connectivity index (χ4v) is 3.46. The molecule has 1 atom stereocenters. The van der Waals surface area contributed by atoms with Crippen molar-refractivity contribution in [1.82, 2.24) is 9.88 Å². The quantitative estimate of drug-likeness (QED) is 0.809. The third-order valence-corrected chi connectivity index (χ3v) is 4.67. The minimum absolute atomic E-state index is 0.109. The second-order valence-corrected chi connectivity index (χ2v) is 6.41. The van der Waals surface area contributed by atoms with Gasteiger partial charge in [0.05, 0.1) is 19.2 Å². The van der Waals surface area contributed by atoms with Gasteiger partial charge >= 0.3 is 0 Å². The van der Waals surface area contributed by atoms with Gasteiger partial charge in [0.25, 0.3) is 17.4 Å². The summed E-state index contributed by atoms with van der Waals surface area (Å²) >= 11 is 0. The maximum atomic E-state index is 13.5. The Kier molecular flexibility index (Phi) is 4.23. The number of rotatable bonds is 2. The summed E-state index contributed by atoms with van der Waals surface area (Å²) < 4.78 is 27.1. The van der Waals surface area contributed by atoms with Crippen LogP contribution in [0.3, 0.4) is 0 Å². The Labute approximate surface area is 132 Å². The first-order valence-electron chi connectivity index (χ1n) is 7.96. The Morgan fingerprint density at radius 1 is 1.35 bits per heavy atom. The molecule has 1 unspecified atom stereocenters. The number of aryl methyl sites for hydroxylation is 2. The number of aromatic nitrogens is 1. The van der Waals surface area contributed by atoms with E-state index in [1.54, 1.807) is 6.07 Å². The highest BCUT2D eigenvalue weighted by Crippen LogP contribution is 2.32. The molecule has 2 aliphatic rings. The van der Waals surface area contributed by atoms with E-state index in [-0.39, 0.29) is 5.56 Å². The molecule has 0 saturated carbocycles. The minimum atomic E-state index is -3.03. The number of nitrogens with zero attached hydrogens (tertiary/aromatic N) is 1. The van der Waals surface area contributed by atoms with Gasteiger partial charge in [-0.15, -0.1) is 0 Å². The van der Waals surface area contributed by atoms with Crippen LogP contribution in [0.5, 0.6) is 0 Å². The predicted octanol–water partition coefficient (Wildman–Crippen LogP) is 1.49. The third-order valence-electron chi connectivity index (χ3n) is 4.67. The molecule has 0 radical (unpaired) electrons. The Morgan fingerprint density at radius 3 is 2.83 bits per heavy atom. The number of alkyl halides is 2. The molecule has 7 heteroatoms. The number of carbonyl (C=O) groups is 1. The van der Waals surface area contributed by atoms with Crippen LogP contribution in [-0.2, 0) is 12.8 Å². The molecule has 1 saturated heterocycles. The van der Waals surface area contributed by atoms with E-state index in [4.69, 9.17) is 0 Å². The van der Waals surface area contributed by atoms with Crippen LogP contribution in [0, 0.1) is 0 Å². The molecule has 0 aromatic carbocycles. The Bertz CT molecular complexity index is 672. The smallest absolute Gasteiger partial charge is 0.267 e. The number of hydrogen-bond donors (Lipinski definition) is 2. The lowest BCUT2D eigenvalue weighted by molar-refractivity contribution is 0.0115. The molecular weight excluding hydrogens is 306 g/mol. The van der Waals surface area contributed by atoms with Gasteiger partial charge in [0, 0.05) is 12.1 Å². The Balaban J connectivity index is 1.93. The Morgan fingerprint density at radius 2 is 2.09 bits per heavy atom. The van der Waals surface area contributed by atoms with Crippen molar-refractivity contribution in [3.05, 3.63) is 33.2 Å². The summed E-state index contributed by atoms with van der Waals surface area (Å²) in [5.41, 5.74) is 1.11. The first-order chi connectivity index (χ1) is 10.9. The van der Waals surface area contributed by atoms with Gasteiger partial charge in [-0.25, -0.2) is 8.78 Å². The number of carbonyl (C=O) groups excluding carboxylic acids is 1. The van der Waals surface area contributed by atoms with Crippen LogP contribution in [-0.4, -0.2) is 46.0 Å². The highest BCUT2D eigenvalue weighted by molar-refractivity contribution is 5.94. The van der Waals surface area contributed by atoms with Crippen molar-refractivity contribution >= 4 is 5.91 Å². The number of likely N-dealkylation sites (tertiary alicyclic amines) is 1. The van der Waals surface area contributed by atoms with E-state index >= 15 is 0 Å². The normalized spacial score (nSPS) is 23.4. The number of H-pyrrole nitrogens is 1. The van der Waals surface area contributed by atoms with E-state index in [2.05, 4.69) is 4.98 Å². The zero-order valence-corrected chi connectivity index (χ0v) is 12.8. The monoisotopic (exact) mass is 326 g/mol.